The maximum atomic E-state index is 5.44. The van der Waals surface area contributed by atoms with Crippen LogP contribution in [0, 0.1) is 5.92 Å². The molecular formula is C21H31IN6OS. The van der Waals surface area contributed by atoms with E-state index >= 15 is 0 Å². The number of piperazine rings is 1. The topological polar surface area (TPSA) is 65.9 Å². The molecule has 1 N–H and O–H groups in total. The summed E-state index contributed by atoms with van der Waals surface area (Å²) in [4.78, 5) is 18.9. The molecule has 1 saturated heterocycles. The Bertz CT molecular complexity index is 786. The molecule has 164 valence electrons. The third-order valence-electron chi connectivity index (χ3n) is 4.83. The van der Waals surface area contributed by atoms with Gasteiger partial charge in [-0.15, -0.1) is 35.7 Å². The lowest BCUT2D eigenvalue weighted by Gasteiger charge is -2.36. The van der Waals surface area contributed by atoms with Crippen LogP contribution in [-0.2, 0) is 0 Å². The van der Waals surface area contributed by atoms with E-state index in [0.29, 0.717) is 5.92 Å². The molecule has 1 aromatic heterocycles. The van der Waals surface area contributed by atoms with Crippen molar-refractivity contribution in [2.45, 2.75) is 11.8 Å². The van der Waals surface area contributed by atoms with Crippen molar-refractivity contribution >= 4 is 47.6 Å². The molecule has 1 aliphatic heterocycles. The first kappa shape index (κ1) is 24.5. The first-order chi connectivity index (χ1) is 14.2. The highest BCUT2D eigenvalue weighted by atomic mass is 127. The number of nitrogens with zero attached hydrogens (tertiary/aromatic N) is 5. The lowest BCUT2D eigenvalue weighted by Crippen LogP contribution is -2.53. The molecule has 30 heavy (non-hydrogen) atoms. The van der Waals surface area contributed by atoms with E-state index in [1.807, 2.05) is 37.0 Å². The summed E-state index contributed by atoms with van der Waals surface area (Å²) in [6.07, 6.45) is 3.58. The zero-order valence-electron chi connectivity index (χ0n) is 17.8. The standard InChI is InChI=1S/C21H30N6OS.HI/c1-17(16-29-19-8-5-4-7-18(19)28-3)15-25-20(22-2)26-11-13-27(14-12-26)21-23-9-6-10-24-21;/h4-10,17H,11-16H2,1-3H3,(H,22,25);1H. The SMILES string of the molecule is CN=C(NCC(C)CSc1ccccc1OC)N1CCN(c2ncccn2)CC1.I. The van der Waals surface area contributed by atoms with Crippen LogP contribution in [0.5, 0.6) is 5.75 Å². The minimum Gasteiger partial charge on any atom is -0.496 e. The van der Waals surface area contributed by atoms with Crippen molar-refractivity contribution in [2.75, 3.05) is 57.5 Å². The van der Waals surface area contributed by atoms with E-state index in [2.05, 4.69) is 49.1 Å². The molecule has 0 radical (unpaired) electrons. The van der Waals surface area contributed by atoms with Crippen molar-refractivity contribution in [3.63, 3.8) is 0 Å². The van der Waals surface area contributed by atoms with Crippen molar-refractivity contribution < 1.29 is 4.74 Å². The predicted octanol–water partition coefficient (Wildman–Crippen LogP) is 3.23. The molecule has 0 saturated carbocycles. The van der Waals surface area contributed by atoms with E-state index in [0.717, 1.165) is 56.1 Å². The van der Waals surface area contributed by atoms with E-state index in [9.17, 15) is 0 Å². The van der Waals surface area contributed by atoms with Crippen LogP contribution in [-0.4, -0.2) is 73.5 Å². The molecular weight excluding hydrogens is 511 g/mol. The number of thioether (sulfide) groups is 1. The molecule has 0 aliphatic carbocycles. The fourth-order valence-corrected chi connectivity index (χ4v) is 4.25. The zero-order chi connectivity index (χ0) is 20.5. The molecule has 2 heterocycles. The summed E-state index contributed by atoms with van der Waals surface area (Å²) in [6.45, 7) is 6.74. The molecule has 0 amide bonds. The summed E-state index contributed by atoms with van der Waals surface area (Å²) in [6, 6.07) is 10.0. The van der Waals surface area contributed by atoms with Gasteiger partial charge in [-0.2, -0.15) is 0 Å². The summed E-state index contributed by atoms with van der Waals surface area (Å²) in [7, 11) is 3.57. The summed E-state index contributed by atoms with van der Waals surface area (Å²) < 4.78 is 5.44. The Balaban J connectivity index is 0.00000320. The predicted molar refractivity (Wildman–Crippen MR) is 135 cm³/mol. The number of rotatable bonds is 7. The molecule has 2 aromatic rings. The Morgan fingerprint density at radius 3 is 2.53 bits per heavy atom. The van der Waals surface area contributed by atoms with Gasteiger partial charge in [0, 0.05) is 62.8 Å². The number of hydrogen-bond acceptors (Lipinski definition) is 6. The van der Waals surface area contributed by atoms with Gasteiger partial charge >= 0.3 is 0 Å². The van der Waals surface area contributed by atoms with E-state index in [4.69, 9.17) is 4.74 Å². The highest BCUT2D eigenvalue weighted by Gasteiger charge is 2.21. The van der Waals surface area contributed by atoms with Crippen molar-refractivity contribution in [3.8, 4) is 5.75 Å². The fraction of sp³-hybridized carbons (Fsp3) is 0.476. The second-order valence-corrected chi connectivity index (χ2v) is 8.08. The summed E-state index contributed by atoms with van der Waals surface area (Å²) in [5.74, 6) is 4.23. The zero-order valence-corrected chi connectivity index (χ0v) is 21.0. The summed E-state index contributed by atoms with van der Waals surface area (Å²) in [5, 5.41) is 3.54. The number of nitrogens with one attached hydrogen (secondary N) is 1. The number of para-hydroxylation sites is 1. The molecule has 1 unspecified atom stereocenters. The third-order valence-corrected chi connectivity index (χ3v) is 6.21. The number of hydrogen-bond donors (Lipinski definition) is 1. The molecule has 9 heteroatoms. The van der Waals surface area contributed by atoms with Gasteiger partial charge in [0.25, 0.3) is 0 Å². The van der Waals surface area contributed by atoms with Gasteiger partial charge in [0.05, 0.1) is 7.11 Å². The normalized spacial score (nSPS) is 15.4. The Labute approximate surface area is 200 Å². The van der Waals surface area contributed by atoms with E-state index in [1.54, 1.807) is 19.5 Å². The van der Waals surface area contributed by atoms with Gasteiger partial charge in [0.15, 0.2) is 5.96 Å². The second-order valence-electron chi connectivity index (χ2n) is 7.02. The van der Waals surface area contributed by atoms with Gasteiger partial charge < -0.3 is 19.9 Å². The molecule has 3 rings (SSSR count). The van der Waals surface area contributed by atoms with Gasteiger partial charge in [-0.1, -0.05) is 19.1 Å². The van der Waals surface area contributed by atoms with Crippen LogP contribution in [0.25, 0.3) is 0 Å². The second kappa shape index (κ2) is 12.8. The monoisotopic (exact) mass is 542 g/mol. The van der Waals surface area contributed by atoms with Crippen molar-refractivity contribution in [3.05, 3.63) is 42.7 Å². The van der Waals surface area contributed by atoms with Crippen molar-refractivity contribution in [1.82, 2.24) is 20.2 Å². The Morgan fingerprint density at radius 1 is 1.17 bits per heavy atom. The molecule has 0 bridgehead atoms. The fourth-order valence-electron chi connectivity index (χ4n) is 3.20. The van der Waals surface area contributed by atoms with Crippen LogP contribution in [0.2, 0.25) is 0 Å². The van der Waals surface area contributed by atoms with Crippen LogP contribution >= 0.6 is 35.7 Å². The summed E-state index contributed by atoms with van der Waals surface area (Å²) >= 11 is 1.83. The Morgan fingerprint density at radius 2 is 1.87 bits per heavy atom. The first-order valence-corrected chi connectivity index (χ1v) is 10.9. The molecule has 1 atom stereocenters. The largest absolute Gasteiger partial charge is 0.496 e. The Kier molecular flexibility index (Phi) is 10.5. The average Bonchev–Trinajstić information content (AvgIpc) is 2.79. The van der Waals surface area contributed by atoms with Crippen LogP contribution < -0.4 is 15.0 Å². The number of benzene rings is 1. The molecule has 7 nitrogen and oxygen atoms in total. The van der Waals surface area contributed by atoms with Gasteiger partial charge in [-0.3, -0.25) is 4.99 Å². The molecule has 0 spiro atoms. The van der Waals surface area contributed by atoms with Crippen molar-refractivity contribution in [2.24, 2.45) is 10.9 Å². The van der Waals surface area contributed by atoms with Gasteiger partial charge in [-0.25, -0.2) is 9.97 Å². The van der Waals surface area contributed by atoms with Gasteiger partial charge in [0.2, 0.25) is 5.95 Å². The molecule has 1 fully saturated rings. The van der Waals surface area contributed by atoms with Crippen LogP contribution in [0.1, 0.15) is 6.92 Å². The number of aromatic nitrogens is 2. The lowest BCUT2D eigenvalue weighted by atomic mass is 10.2. The number of methoxy groups -OCH3 is 1. The number of ether oxygens (including phenoxy) is 1. The minimum absolute atomic E-state index is 0. The Hall–Kier alpha value is -1.75. The maximum Gasteiger partial charge on any atom is 0.225 e. The lowest BCUT2D eigenvalue weighted by molar-refractivity contribution is 0.368. The van der Waals surface area contributed by atoms with Crippen molar-refractivity contribution in [1.29, 1.82) is 0 Å². The number of aliphatic imine (C=N–C) groups is 1. The summed E-state index contributed by atoms with van der Waals surface area (Å²) in [5.41, 5.74) is 0. The van der Waals surface area contributed by atoms with Gasteiger partial charge in [0.1, 0.15) is 5.75 Å². The third kappa shape index (κ3) is 6.90. The molecule has 1 aliphatic rings. The van der Waals surface area contributed by atoms with Crippen LogP contribution in [0.4, 0.5) is 5.95 Å². The van der Waals surface area contributed by atoms with E-state index in [1.165, 1.54) is 4.90 Å². The molecule has 1 aromatic carbocycles. The smallest absolute Gasteiger partial charge is 0.225 e. The van der Waals surface area contributed by atoms with Crippen LogP contribution in [0.15, 0.2) is 52.6 Å². The van der Waals surface area contributed by atoms with Gasteiger partial charge in [-0.05, 0) is 24.1 Å². The quantitative estimate of drug-likeness (QED) is 0.250. The maximum absolute atomic E-state index is 5.44. The number of halogens is 1. The van der Waals surface area contributed by atoms with E-state index in [-0.39, 0.29) is 24.0 Å². The highest BCUT2D eigenvalue weighted by Crippen LogP contribution is 2.29. The number of anilines is 1. The first-order valence-electron chi connectivity index (χ1n) is 9.94. The van der Waals surface area contributed by atoms with Crippen LogP contribution in [0.3, 0.4) is 0 Å². The highest BCUT2D eigenvalue weighted by molar-refractivity contribution is 14.0. The number of guanidine groups is 1. The minimum atomic E-state index is 0. The van der Waals surface area contributed by atoms with E-state index < -0.39 is 0 Å². The average molecular weight is 542 g/mol.